The number of rotatable bonds is 5. The molecule has 4 heteroatoms. The third kappa shape index (κ3) is 3.61. The normalized spacial score (nSPS) is 16.4. The molecule has 0 saturated carbocycles. The Morgan fingerprint density at radius 1 is 1.37 bits per heavy atom. The molecule has 1 heterocycles. The fourth-order valence-corrected chi connectivity index (χ4v) is 2.61. The molecule has 0 aliphatic carbocycles. The van der Waals surface area contributed by atoms with Crippen LogP contribution in [0.15, 0.2) is 18.2 Å². The highest BCUT2D eigenvalue weighted by Crippen LogP contribution is 2.27. The number of ether oxygens (including phenoxy) is 2. The average molecular weight is 264 g/mol. The quantitative estimate of drug-likeness (QED) is 0.884. The van der Waals surface area contributed by atoms with Gasteiger partial charge >= 0.3 is 0 Å². The molecule has 1 aliphatic heterocycles. The van der Waals surface area contributed by atoms with E-state index < -0.39 is 0 Å². The van der Waals surface area contributed by atoms with Crippen LogP contribution < -0.4 is 15.4 Å². The van der Waals surface area contributed by atoms with Gasteiger partial charge in [0.25, 0.3) is 0 Å². The predicted molar refractivity (Wildman–Crippen MR) is 77.7 cm³/mol. The second kappa shape index (κ2) is 6.78. The van der Waals surface area contributed by atoms with Crippen molar-refractivity contribution in [2.75, 3.05) is 38.8 Å². The summed E-state index contributed by atoms with van der Waals surface area (Å²) in [5.74, 6) is 1.58. The molecule has 1 aromatic carbocycles. The molecule has 0 bridgehead atoms. The minimum Gasteiger partial charge on any atom is -0.497 e. The van der Waals surface area contributed by atoms with E-state index in [0.29, 0.717) is 12.5 Å². The Morgan fingerprint density at radius 3 is 2.74 bits per heavy atom. The number of hydrogen-bond acceptors (Lipinski definition) is 4. The number of methoxy groups -OCH3 is 1. The molecule has 0 aromatic heterocycles. The van der Waals surface area contributed by atoms with Gasteiger partial charge < -0.3 is 20.1 Å². The van der Waals surface area contributed by atoms with E-state index in [1.165, 1.54) is 5.69 Å². The minimum atomic E-state index is 0.553. The van der Waals surface area contributed by atoms with Crippen LogP contribution in [0.4, 0.5) is 5.69 Å². The molecule has 2 rings (SSSR count). The minimum absolute atomic E-state index is 0.553. The maximum atomic E-state index is 5.83. The molecule has 19 heavy (non-hydrogen) atoms. The fraction of sp³-hybridized carbons (Fsp3) is 0.600. The summed E-state index contributed by atoms with van der Waals surface area (Å²) >= 11 is 0. The molecule has 106 valence electrons. The lowest BCUT2D eigenvalue weighted by molar-refractivity contribution is 0.0685. The van der Waals surface area contributed by atoms with Crippen LogP contribution in [0.3, 0.4) is 0 Å². The third-order valence-electron chi connectivity index (χ3n) is 3.80. The van der Waals surface area contributed by atoms with E-state index in [1.807, 2.05) is 6.07 Å². The summed E-state index contributed by atoms with van der Waals surface area (Å²) in [6.45, 7) is 3.38. The van der Waals surface area contributed by atoms with Crippen LogP contribution in [0, 0.1) is 5.92 Å². The lowest BCUT2D eigenvalue weighted by Crippen LogP contribution is -2.30. The zero-order valence-electron chi connectivity index (χ0n) is 11.9. The highest BCUT2D eigenvalue weighted by molar-refractivity contribution is 5.56. The van der Waals surface area contributed by atoms with Gasteiger partial charge in [0.15, 0.2) is 0 Å². The predicted octanol–water partition coefficient (Wildman–Crippen LogP) is 2.02. The highest BCUT2D eigenvalue weighted by atomic mass is 16.5. The summed E-state index contributed by atoms with van der Waals surface area (Å²) in [7, 11) is 3.82. The van der Waals surface area contributed by atoms with Crippen molar-refractivity contribution in [2.24, 2.45) is 11.7 Å². The number of anilines is 1. The van der Waals surface area contributed by atoms with Crippen molar-refractivity contribution < 1.29 is 9.47 Å². The van der Waals surface area contributed by atoms with E-state index >= 15 is 0 Å². The van der Waals surface area contributed by atoms with E-state index in [0.717, 1.165) is 43.9 Å². The van der Waals surface area contributed by atoms with Gasteiger partial charge in [-0.1, -0.05) is 6.07 Å². The second-order valence-electron chi connectivity index (χ2n) is 5.14. The number of benzene rings is 1. The van der Waals surface area contributed by atoms with Crippen LogP contribution in [-0.2, 0) is 11.3 Å². The van der Waals surface area contributed by atoms with Crippen LogP contribution in [0.2, 0.25) is 0 Å². The Labute approximate surface area is 115 Å². The van der Waals surface area contributed by atoms with Gasteiger partial charge in [0.2, 0.25) is 0 Å². The molecule has 1 saturated heterocycles. The van der Waals surface area contributed by atoms with Crippen molar-refractivity contribution in [1.82, 2.24) is 0 Å². The smallest absolute Gasteiger partial charge is 0.120 e. The van der Waals surface area contributed by atoms with Gasteiger partial charge in [0, 0.05) is 45.1 Å². The first-order valence-electron chi connectivity index (χ1n) is 6.90. The lowest BCUT2D eigenvalue weighted by Gasteiger charge is -2.29. The summed E-state index contributed by atoms with van der Waals surface area (Å²) in [6, 6.07) is 6.09. The number of nitrogens with two attached hydrogens (primary N) is 1. The molecule has 2 N–H and O–H groups in total. The molecule has 1 aromatic rings. The topological polar surface area (TPSA) is 47.7 Å². The van der Waals surface area contributed by atoms with Crippen molar-refractivity contribution in [3.8, 4) is 5.75 Å². The van der Waals surface area contributed by atoms with Gasteiger partial charge in [0.05, 0.1) is 7.11 Å². The summed E-state index contributed by atoms with van der Waals surface area (Å²) in [4.78, 5) is 2.29. The molecular weight excluding hydrogens is 240 g/mol. The van der Waals surface area contributed by atoms with Gasteiger partial charge in [-0.05, 0) is 30.4 Å². The first-order chi connectivity index (χ1) is 9.24. The Bertz CT molecular complexity index is 403. The first kappa shape index (κ1) is 14.2. The fourth-order valence-electron chi connectivity index (χ4n) is 2.61. The van der Waals surface area contributed by atoms with Crippen molar-refractivity contribution in [3.05, 3.63) is 23.8 Å². The molecule has 4 nitrogen and oxygen atoms in total. The second-order valence-corrected chi connectivity index (χ2v) is 5.14. The summed E-state index contributed by atoms with van der Waals surface area (Å²) in [5, 5.41) is 0. The Hall–Kier alpha value is -1.26. The van der Waals surface area contributed by atoms with E-state index in [1.54, 1.807) is 7.11 Å². The molecule has 1 aliphatic rings. The monoisotopic (exact) mass is 264 g/mol. The Morgan fingerprint density at radius 2 is 2.11 bits per heavy atom. The number of hydrogen-bond donors (Lipinski definition) is 1. The van der Waals surface area contributed by atoms with Crippen molar-refractivity contribution in [2.45, 2.75) is 19.4 Å². The molecule has 0 radical (unpaired) electrons. The van der Waals surface area contributed by atoms with Crippen LogP contribution in [0.5, 0.6) is 5.75 Å². The molecule has 0 spiro atoms. The summed E-state index contributed by atoms with van der Waals surface area (Å²) in [5.41, 5.74) is 8.16. The van der Waals surface area contributed by atoms with Gasteiger partial charge in [-0.2, -0.15) is 0 Å². The molecule has 1 fully saturated rings. The summed E-state index contributed by atoms with van der Waals surface area (Å²) < 4.78 is 10.7. The van der Waals surface area contributed by atoms with Gasteiger partial charge in [0.1, 0.15) is 5.75 Å². The van der Waals surface area contributed by atoms with Crippen LogP contribution in [-0.4, -0.2) is 33.9 Å². The Balaban J connectivity index is 2.09. The largest absolute Gasteiger partial charge is 0.497 e. The van der Waals surface area contributed by atoms with E-state index in [2.05, 4.69) is 24.1 Å². The molecule has 0 amide bonds. The lowest BCUT2D eigenvalue weighted by atomic mass is 9.99. The van der Waals surface area contributed by atoms with E-state index in [9.17, 15) is 0 Å². The zero-order valence-corrected chi connectivity index (χ0v) is 11.9. The Kier molecular flexibility index (Phi) is 5.05. The van der Waals surface area contributed by atoms with Crippen LogP contribution in [0.1, 0.15) is 18.4 Å². The van der Waals surface area contributed by atoms with Gasteiger partial charge in [-0.3, -0.25) is 0 Å². The standard InChI is InChI=1S/C15H24N2O2/c1-17(11-12-5-7-19-8-6-12)15-9-14(18-2)4-3-13(15)10-16/h3-4,9,12H,5-8,10-11,16H2,1-2H3. The first-order valence-corrected chi connectivity index (χ1v) is 6.90. The van der Waals surface area contributed by atoms with Gasteiger partial charge in [-0.15, -0.1) is 0 Å². The maximum Gasteiger partial charge on any atom is 0.120 e. The van der Waals surface area contributed by atoms with Gasteiger partial charge in [-0.25, -0.2) is 0 Å². The average Bonchev–Trinajstić information content (AvgIpc) is 2.47. The highest BCUT2D eigenvalue weighted by Gasteiger charge is 2.17. The zero-order chi connectivity index (χ0) is 13.7. The SMILES string of the molecule is COc1ccc(CN)c(N(C)CC2CCOCC2)c1. The molecular formula is C15H24N2O2. The van der Waals surface area contributed by atoms with Crippen molar-refractivity contribution in [1.29, 1.82) is 0 Å². The van der Waals surface area contributed by atoms with Crippen molar-refractivity contribution >= 4 is 5.69 Å². The summed E-state index contributed by atoms with van der Waals surface area (Å²) in [6.07, 6.45) is 2.29. The molecule has 0 atom stereocenters. The van der Waals surface area contributed by atoms with Crippen molar-refractivity contribution in [3.63, 3.8) is 0 Å². The van der Waals surface area contributed by atoms with E-state index in [-0.39, 0.29) is 0 Å². The van der Waals surface area contributed by atoms with E-state index in [4.69, 9.17) is 15.2 Å². The molecule has 0 unspecified atom stereocenters. The number of nitrogens with zero attached hydrogens (tertiary/aromatic N) is 1. The maximum absolute atomic E-state index is 5.83. The van der Waals surface area contributed by atoms with Crippen LogP contribution >= 0.6 is 0 Å². The third-order valence-corrected chi connectivity index (χ3v) is 3.80. The van der Waals surface area contributed by atoms with Crippen LogP contribution in [0.25, 0.3) is 0 Å².